The van der Waals surface area contributed by atoms with E-state index in [4.69, 9.17) is 9.47 Å². The first-order chi connectivity index (χ1) is 12.5. The molecule has 0 aromatic heterocycles. The van der Waals surface area contributed by atoms with E-state index in [9.17, 15) is 29.1 Å². The predicted octanol–water partition coefficient (Wildman–Crippen LogP) is 1.61. The molecule has 0 aromatic carbocycles. The zero-order valence-electron chi connectivity index (χ0n) is 17.6. The van der Waals surface area contributed by atoms with Gasteiger partial charge in [0.15, 0.2) is 5.78 Å². The molecule has 28 heavy (non-hydrogen) atoms. The average Bonchev–Trinajstić information content (AvgIpc) is 2.40. The number of aliphatic carboxylic acids is 1. The Morgan fingerprint density at radius 2 is 1.25 bits per heavy atom. The normalized spacial score (nSPS) is 13.8. The van der Waals surface area contributed by atoms with Crippen molar-refractivity contribution in [2.24, 2.45) is 5.92 Å². The lowest BCUT2D eigenvalue weighted by molar-refractivity contribution is -0.161. The molecular formula is C19H31NO8. The van der Waals surface area contributed by atoms with Gasteiger partial charge in [-0.2, -0.15) is 0 Å². The number of hydrogen-bond donors (Lipinski definition) is 2. The van der Waals surface area contributed by atoms with Gasteiger partial charge in [0.05, 0.1) is 24.8 Å². The Hall–Kier alpha value is -2.45. The highest BCUT2D eigenvalue weighted by Gasteiger charge is 2.32. The first kappa shape index (κ1) is 25.6. The molecule has 2 N–H and O–H groups in total. The highest BCUT2D eigenvalue weighted by Crippen LogP contribution is 2.17. The maximum absolute atomic E-state index is 12.5. The Bertz CT molecular complexity index is 612. The summed E-state index contributed by atoms with van der Waals surface area (Å²) in [7, 11) is 0. The third kappa shape index (κ3) is 12.0. The number of rotatable bonds is 9. The molecule has 2 unspecified atom stereocenters. The number of nitrogens with one attached hydrogen (secondary N) is 1. The van der Waals surface area contributed by atoms with Gasteiger partial charge in [-0.15, -0.1) is 0 Å². The minimum absolute atomic E-state index is 0.436. The monoisotopic (exact) mass is 401 g/mol. The second kappa shape index (κ2) is 10.2. The molecule has 9 nitrogen and oxygen atoms in total. The van der Waals surface area contributed by atoms with Gasteiger partial charge in [0, 0.05) is 13.3 Å². The molecule has 9 heteroatoms. The Morgan fingerprint density at radius 3 is 1.61 bits per heavy atom. The number of hydrogen-bond acceptors (Lipinski definition) is 7. The number of esters is 2. The smallest absolute Gasteiger partial charge is 0.308 e. The third-order valence-electron chi connectivity index (χ3n) is 3.19. The van der Waals surface area contributed by atoms with Gasteiger partial charge >= 0.3 is 17.9 Å². The number of ketones is 1. The van der Waals surface area contributed by atoms with E-state index in [1.165, 1.54) is 6.92 Å². The quantitative estimate of drug-likeness (QED) is 0.556. The van der Waals surface area contributed by atoms with E-state index in [1.54, 1.807) is 41.5 Å². The van der Waals surface area contributed by atoms with Crippen molar-refractivity contribution in [3.05, 3.63) is 0 Å². The number of amides is 1. The Morgan fingerprint density at radius 1 is 0.821 bits per heavy atom. The van der Waals surface area contributed by atoms with E-state index in [-0.39, 0.29) is 0 Å². The van der Waals surface area contributed by atoms with Crippen LogP contribution in [-0.2, 0) is 33.4 Å². The molecule has 0 saturated carbocycles. The molecule has 0 bridgehead atoms. The van der Waals surface area contributed by atoms with E-state index in [0.717, 1.165) is 0 Å². The second-order valence-electron chi connectivity index (χ2n) is 8.54. The van der Waals surface area contributed by atoms with Crippen LogP contribution < -0.4 is 5.32 Å². The zero-order chi connectivity index (χ0) is 22.3. The SMILES string of the molecule is CC(=O)NC(CC(=O)OC(C)(C)C)C(=O)CC(CC(=O)OC(C)(C)C)C(=O)O. The fourth-order valence-electron chi connectivity index (χ4n) is 2.26. The summed E-state index contributed by atoms with van der Waals surface area (Å²) < 4.78 is 10.2. The van der Waals surface area contributed by atoms with Gasteiger partial charge in [-0.1, -0.05) is 0 Å². The minimum atomic E-state index is -1.35. The van der Waals surface area contributed by atoms with Crippen LogP contribution in [0.2, 0.25) is 0 Å². The summed E-state index contributed by atoms with van der Waals surface area (Å²) >= 11 is 0. The van der Waals surface area contributed by atoms with Crippen LogP contribution in [0.25, 0.3) is 0 Å². The van der Waals surface area contributed by atoms with Gasteiger partial charge < -0.3 is 19.9 Å². The summed E-state index contributed by atoms with van der Waals surface area (Å²) in [4.78, 5) is 59.2. The summed E-state index contributed by atoms with van der Waals surface area (Å²) in [5.74, 6) is -5.39. The van der Waals surface area contributed by atoms with Crippen molar-refractivity contribution >= 4 is 29.6 Å². The molecule has 0 aromatic rings. The van der Waals surface area contributed by atoms with Crippen LogP contribution in [0, 0.1) is 5.92 Å². The maximum Gasteiger partial charge on any atom is 0.308 e. The first-order valence-electron chi connectivity index (χ1n) is 8.96. The standard InChI is InChI=1S/C19H31NO8/c1-11(21)20-13(10-16(24)28-19(5,6)7)14(22)8-12(17(25)26)9-15(23)27-18(2,3)4/h12-13H,8-10H2,1-7H3,(H,20,21)(H,25,26). The molecule has 0 aliphatic carbocycles. The summed E-state index contributed by atoms with van der Waals surface area (Å²) in [6, 6.07) is -1.24. The van der Waals surface area contributed by atoms with E-state index in [1.807, 2.05) is 0 Å². The highest BCUT2D eigenvalue weighted by molar-refractivity contribution is 5.94. The zero-order valence-corrected chi connectivity index (χ0v) is 17.6. The largest absolute Gasteiger partial charge is 0.481 e. The molecule has 0 rings (SSSR count). The van der Waals surface area contributed by atoms with Crippen LogP contribution in [0.4, 0.5) is 0 Å². The third-order valence-corrected chi connectivity index (χ3v) is 3.19. The van der Waals surface area contributed by atoms with Crippen molar-refractivity contribution in [1.82, 2.24) is 5.32 Å². The molecule has 0 aliphatic heterocycles. The van der Waals surface area contributed by atoms with Crippen LogP contribution in [0.1, 0.15) is 67.7 Å². The van der Waals surface area contributed by atoms with Crippen molar-refractivity contribution in [2.75, 3.05) is 0 Å². The number of carbonyl (C=O) groups is 5. The van der Waals surface area contributed by atoms with Crippen LogP contribution in [0.15, 0.2) is 0 Å². The first-order valence-corrected chi connectivity index (χ1v) is 8.96. The molecule has 0 saturated heterocycles. The van der Waals surface area contributed by atoms with E-state index < -0.39 is 72.0 Å². The second-order valence-corrected chi connectivity index (χ2v) is 8.54. The molecule has 0 radical (unpaired) electrons. The molecule has 2 atom stereocenters. The predicted molar refractivity (Wildman–Crippen MR) is 99.3 cm³/mol. The van der Waals surface area contributed by atoms with Gasteiger partial charge in [0.2, 0.25) is 5.91 Å². The molecule has 0 aliphatic rings. The molecule has 0 spiro atoms. The summed E-state index contributed by atoms with van der Waals surface area (Å²) in [6.07, 6.45) is -1.48. The van der Waals surface area contributed by atoms with Gasteiger partial charge in [-0.05, 0) is 41.5 Å². The maximum atomic E-state index is 12.5. The lowest BCUT2D eigenvalue weighted by Gasteiger charge is -2.23. The number of carboxylic acid groups (broad SMARTS) is 1. The Balaban J connectivity index is 5.17. The Kier molecular flexibility index (Phi) is 9.30. The van der Waals surface area contributed by atoms with Crippen molar-refractivity contribution < 1.29 is 38.6 Å². The lowest BCUT2D eigenvalue weighted by atomic mass is 9.94. The van der Waals surface area contributed by atoms with E-state index in [0.29, 0.717) is 0 Å². The molecular weight excluding hydrogens is 370 g/mol. The van der Waals surface area contributed by atoms with Crippen molar-refractivity contribution in [3.63, 3.8) is 0 Å². The number of carbonyl (C=O) groups excluding carboxylic acids is 4. The van der Waals surface area contributed by atoms with Crippen LogP contribution in [0.3, 0.4) is 0 Å². The average molecular weight is 401 g/mol. The number of ether oxygens (including phenoxy) is 2. The van der Waals surface area contributed by atoms with Crippen LogP contribution in [0.5, 0.6) is 0 Å². The topological polar surface area (TPSA) is 136 Å². The fraction of sp³-hybridized carbons (Fsp3) is 0.737. The molecule has 1 amide bonds. The van der Waals surface area contributed by atoms with Crippen molar-refractivity contribution in [2.45, 2.75) is 85.0 Å². The van der Waals surface area contributed by atoms with Gasteiger partial charge in [-0.3, -0.25) is 24.0 Å². The number of Topliss-reactive ketones (excluding diaryl/α,β-unsaturated/α-hetero) is 1. The summed E-state index contributed by atoms with van der Waals surface area (Å²) in [5, 5.41) is 11.7. The van der Waals surface area contributed by atoms with Crippen molar-refractivity contribution in [1.29, 1.82) is 0 Å². The molecule has 160 valence electrons. The number of carboxylic acids is 1. The van der Waals surface area contributed by atoms with E-state index >= 15 is 0 Å². The highest BCUT2D eigenvalue weighted by atomic mass is 16.6. The van der Waals surface area contributed by atoms with Crippen LogP contribution >= 0.6 is 0 Å². The Labute approximate surface area is 165 Å². The summed E-state index contributed by atoms with van der Waals surface area (Å²) in [5.41, 5.74) is -1.57. The summed E-state index contributed by atoms with van der Waals surface area (Å²) in [6.45, 7) is 11.0. The van der Waals surface area contributed by atoms with Crippen LogP contribution in [-0.4, -0.2) is 51.9 Å². The van der Waals surface area contributed by atoms with E-state index in [2.05, 4.69) is 5.32 Å². The van der Waals surface area contributed by atoms with Gasteiger partial charge in [-0.25, -0.2) is 0 Å². The molecule has 0 fully saturated rings. The van der Waals surface area contributed by atoms with Crippen molar-refractivity contribution in [3.8, 4) is 0 Å². The molecule has 0 heterocycles. The van der Waals surface area contributed by atoms with Gasteiger partial charge in [0.1, 0.15) is 11.2 Å². The van der Waals surface area contributed by atoms with Gasteiger partial charge in [0.25, 0.3) is 0 Å². The minimum Gasteiger partial charge on any atom is -0.481 e. The fourth-order valence-corrected chi connectivity index (χ4v) is 2.26. The lowest BCUT2D eigenvalue weighted by Crippen LogP contribution is -2.43.